The summed E-state index contributed by atoms with van der Waals surface area (Å²) in [4.78, 5) is 21.5. The summed E-state index contributed by atoms with van der Waals surface area (Å²) in [6.07, 6.45) is 0.866. The molecule has 8 nitrogen and oxygen atoms in total. The number of hydrogen-bond acceptors (Lipinski definition) is 9. The molecule has 0 spiro atoms. The largest absolute Gasteiger partial charge is 0.419 e. The first-order valence-corrected chi connectivity index (χ1v) is 12.8. The first kappa shape index (κ1) is 22.3. The van der Waals surface area contributed by atoms with Crippen LogP contribution in [0.4, 0.5) is 0 Å². The molecule has 1 aliphatic heterocycles. The molecule has 0 aliphatic carbocycles. The zero-order valence-electron chi connectivity index (χ0n) is 18.3. The van der Waals surface area contributed by atoms with Gasteiger partial charge in [-0.1, -0.05) is 30.0 Å². The third kappa shape index (κ3) is 5.03. The van der Waals surface area contributed by atoms with Gasteiger partial charge in [0.2, 0.25) is 5.89 Å². The quantitative estimate of drug-likeness (QED) is 0.274. The van der Waals surface area contributed by atoms with Crippen LogP contribution in [0.2, 0.25) is 0 Å². The smallest absolute Gasteiger partial charge is 0.262 e. The summed E-state index contributed by atoms with van der Waals surface area (Å²) in [5, 5.41) is 11.6. The highest BCUT2D eigenvalue weighted by molar-refractivity contribution is 7.99. The van der Waals surface area contributed by atoms with Gasteiger partial charge in [0.25, 0.3) is 11.4 Å². The van der Waals surface area contributed by atoms with Crippen molar-refractivity contribution in [3.8, 4) is 10.8 Å². The van der Waals surface area contributed by atoms with Gasteiger partial charge in [0.05, 0.1) is 34.2 Å². The van der Waals surface area contributed by atoms with Gasteiger partial charge in [-0.15, -0.1) is 21.5 Å². The fourth-order valence-corrected chi connectivity index (χ4v) is 5.43. The molecular formula is C23H25N5O3S2. The maximum atomic E-state index is 13.3. The summed E-state index contributed by atoms with van der Waals surface area (Å²) in [6, 6.07) is 11.4. The van der Waals surface area contributed by atoms with Gasteiger partial charge < -0.3 is 9.15 Å². The lowest BCUT2D eigenvalue weighted by molar-refractivity contribution is 0.0368. The van der Waals surface area contributed by atoms with E-state index in [9.17, 15) is 4.79 Å². The molecule has 1 unspecified atom stereocenters. The minimum Gasteiger partial charge on any atom is -0.419 e. The van der Waals surface area contributed by atoms with Crippen molar-refractivity contribution in [2.45, 2.75) is 30.3 Å². The van der Waals surface area contributed by atoms with Crippen LogP contribution in [-0.2, 0) is 11.3 Å². The number of para-hydroxylation sites is 1. The van der Waals surface area contributed by atoms with Crippen LogP contribution in [0.15, 0.2) is 56.1 Å². The normalized spacial score (nSPS) is 15.8. The van der Waals surface area contributed by atoms with Crippen molar-refractivity contribution in [3.05, 3.63) is 58.0 Å². The molecule has 0 amide bonds. The van der Waals surface area contributed by atoms with E-state index in [0.29, 0.717) is 34.4 Å². The number of benzene rings is 1. The maximum absolute atomic E-state index is 13.3. The molecule has 0 bridgehead atoms. The van der Waals surface area contributed by atoms with Crippen LogP contribution in [0.3, 0.4) is 0 Å². The number of nitrogens with zero attached hydrogens (tertiary/aromatic N) is 5. The molecule has 0 N–H and O–H groups in total. The van der Waals surface area contributed by atoms with Crippen LogP contribution in [-0.4, -0.2) is 57.5 Å². The lowest BCUT2D eigenvalue weighted by atomic mass is 10.2. The predicted molar refractivity (Wildman–Crippen MR) is 130 cm³/mol. The number of ether oxygens (including phenoxy) is 1. The highest BCUT2D eigenvalue weighted by Gasteiger charge is 2.21. The topological polar surface area (TPSA) is 86.3 Å². The van der Waals surface area contributed by atoms with Crippen molar-refractivity contribution in [1.82, 2.24) is 24.6 Å². The molecule has 10 heteroatoms. The summed E-state index contributed by atoms with van der Waals surface area (Å²) in [6.45, 7) is 6.95. The van der Waals surface area contributed by atoms with Gasteiger partial charge in [-0.2, -0.15) is 0 Å². The van der Waals surface area contributed by atoms with E-state index >= 15 is 0 Å². The number of hydrogen-bond donors (Lipinski definition) is 0. The van der Waals surface area contributed by atoms with Crippen molar-refractivity contribution >= 4 is 34.0 Å². The van der Waals surface area contributed by atoms with E-state index in [1.54, 1.807) is 15.9 Å². The molecule has 4 aromatic rings. The molecule has 1 atom stereocenters. The van der Waals surface area contributed by atoms with Crippen LogP contribution >= 0.6 is 23.1 Å². The second-order valence-corrected chi connectivity index (χ2v) is 10.1. The van der Waals surface area contributed by atoms with Gasteiger partial charge in [0.15, 0.2) is 5.16 Å². The van der Waals surface area contributed by atoms with E-state index in [1.165, 1.54) is 11.8 Å². The lowest BCUT2D eigenvalue weighted by Gasteiger charge is -2.26. The van der Waals surface area contributed by atoms with Crippen molar-refractivity contribution < 1.29 is 9.15 Å². The van der Waals surface area contributed by atoms with Crippen LogP contribution in [0.1, 0.15) is 24.5 Å². The van der Waals surface area contributed by atoms with E-state index in [2.05, 4.69) is 15.1 Å². The summed E-state index contributed by atoms with van der Waals surface area (Å²) in [5.41, 5.74) is 0.688. The standard InChI is InChI=1S/C23H25N5O3S2/c1-16(20-25-26-21(31-20)19-8-4-15-32-19)33-23-24-18-7-3-2-6-17(18)22(29)28(23)10-5-9-27-11-13-30-14-12-27/h2-4,6-8,15-16H,5,9-14H2,1H3. The molecule has 5 rings (SSSR count). The summed E-state index contributed by atoms with van der Waals surface area (Å²) in [5.74, 6) is 1.03. The molecule has 1 aliphatic rings. The zero-order chi connectivity index (χ0) is 22.6. The Morgan fingerprint density at radius 2 is 1.97 bits per heavy atom. The van der Waals surface area contributed by atoms with Gasteiger partial charge in [0, 0.05) is 26.2 Å². The first-order valence-electron chi connectivity index (χ1n) is 11.0. The Morgan fingerprint density at radius 3 is 2.79 bits per heavy atom. The number of thiophene rings is 1. The average Bonchev–Trinajstić information content (AvgIpc) is 3.54. The summed E-state index contributed by atoms with van der Waals surface area (Å²) < 4.78 is 13.1. The van der Waals surface area contributed by atoms with E-state index in [0.717, 1.165) is 44.1 Å². The Morgan fingerprint density at radius 1 is 1.12 bits per heavy atom. The molecule has 1 saturated heterocycles. The number of rotatable bonds is 8. The zero-order valence-corrected chi connectivity index (χ0v) is 20.0. The Hall–Kier alpha value is -2.53. The fraction of sp³-hybridized carbons (Fsp3) is 0.391. The summed E-state index contributed by atoms with van der Waals surface area (Å²) in [7, 11) is 0. The molecule has 4 heterocycles. The Kier molecular flexibility index (Phi) is 6.86. The molecule has 172 valence electrons. The molecule has 1 aromatic carbocycles. The number of morpholine rings is 1. The highest BCUT2D eigenvalue weighted by Crippen LogP contribution is 2.35. The fourth-order valence-electron chi connectivity index (χ4n) is 3.82. The van der Waals surface area contributed by atoms with Crippen LogP contribution in [0, 0.1) is 0 Å². The molecule has 33 heavy (non-hydrogen) atoms. The van der Waals surface area contributed by atoms with Gasteiger partial charge in [-0.25, -0.2) is 4.98 Å². The van der Waals surface area contributed by atoms with Crippen molar-refractivity contribution in [2.24, 2.45) is 0 Å². The molecule has 0 saturated carbocycles. The monoisotopic (exact) mass is 483 g/mol. The highest BCUT2D eigenvalue weighted by atomic mass is 32.2. The van der Waals surface area contributed by atoms with Crippen molar-refractivity contribution in [1.29, 1.82) is 0 Å². The van der Waals surface area contributed by atoms with Crippen molar-refractivity contribution in [3.63, 3.8) is 0 Å². The van der Waals surface area contributed by atoms with Crippen LogP contribution < -0.4 is 5.56 Å². The Balaban J connectivity index is 1.38. The number of aromatic nitrogens is 4. The Labute approximate surface area is 199 Å². The van der Waals surface area contributed by atoms with E-state index in [4.69, 9.17) is 14.1 Å². The van der Waals surface area contributed by atoms with E-state index in [1.807, 2.05) is 48.7 Å². The Bertz CT molecular complexity index is 1260. The minimum absolute atomic E-state index is 0.0120. The lowest BCUT2D eigenvalue weighted by Crippen LogP contribution is -2.37. The molecular weight excluding hydrogens is 458 g/mol. The molecule has 0 radical (unpaired) electrons. The van der Waals surface area contributed by atoms with Gasteiger partial charge in [-0.05, 0) is 36.9 Å². The van der Waals surface area contributed by atoms with Gasteiger partial charge in [-0.3, -0.25) is 14.3 Å². The second-order valence-electron chi connectivity index (χ2n) is 7.86. The van der Waals surface area contributed by atoms with Crippen molar-refractivity contribution in [2.75, 3.05) is 32.8 Å². The first-order chi connectivity index (χ1) is 16.2. The summed E-state index contributed by atoms with van der Waals surface area (Å²) >= 11 is 3.03. The molecule has 3 aromatic heterocycles. The van der Waals surface area contributed by atoms with Gasteiger partial charge >= 0.3 is 0 Å². The maximum Gasteiger partial charge on any atom is 0.262 e. The van der Waals surface area contributed by atoms with Crippen LogP contribution in [0.25, 0.3) is 21.7 Å². The number of thioether (sulfide) groups is 1. The SMILES string of the molecule is CC(Sc1nc2ccccc2c(=O)n1CCCN1CCOCC1)c1nnc(-c2cccs2)o1. The third-order valence-electron chi connectivity index (χ3n) is 5.59. The minimum atomic E-state index is -0.148. The second kappa shape index (κ2) is 10.2. The third-order valence-corrected chi connectivity index (χ3v) is 7.52. The number of fused-ring (bicyclic) bond motifs is 1. The predicted octanol–water partition coefficient (Wildman–Crippen LogP) is 4.08. The van der Waals surface area contributed by atoms with Gasteiger partial charge in [0.1, 0.15) is 0 Å². The average molecular weight is 484 g/mol. The van der Waals surface area contributed by atoms with E-state index < -0.39 is 0 Å². The van der Waals surface area contributed by atoms with E-state index in [-0.39, 0.29) is 10.8 Å². The van der Waals surface area contributed by atoms with Crippen LogP contribution in [0.5, 0.6) is 0 Å². The molecule has 1 fully saturated rings.